The first-order valence-electron chi connectivity index (χ1n) is 5.55. The van der Waals surface area contributed by atoms with Crippen molar-refractivity contribution in [1.29, 1.82) is 0 Å². The molecule has 0 aliphatic rings. The minimum Gasteiger partial charge on any atom is -0.432 e. The number of thiazole rings is 1. The van der Waals surface area contributed by atoms with Crippen LogP contribution in [0.5, 0.6) is 0 Å². The highest BCUT2D eigenvalue weighted by molar-refractivity contribution is 7.09. The number of aromatic nitrogens is 1. The van der Waals surface area contributed by atoms with E-state index in [9.17, 15) is 4.80 Å². The van der Waals surface area contributed by atoms with E-state index in [2.05, 4.69) is 25.4 Å². The zero-order chi connectivity index (χ0) is 12.4. The summed E-state index contributed by atoms with van der Waals surface area (Å²) in [4.78, 5) is 15.7. The van der Waals surface area contributed by atoms with Crippen LogP contribution in [0.2, 0.25) is 18.1 Å². The summed E-state index contributed by atoms with van der Waals surface area (Å²) in [5.74, 6) is 0. The molecule has 90 valence electrons. The maximum Gasteiger partial charge on any atom is 0.188 e. The van der Waals surface area contributed by atoms with E-state index in [0.717, 1.165) is 18.5 Å². The second-order valence-corrected chi connectivity index (χ2v) is 10.7. The molecule has 0 aliphatic heterocycles. The van der Waals surface area contributed by atoms with Crippen molar-refractivity contribution in [3.8, 4) is 0 Å². The van der Waals surface area contributed by atoms with Crippen LogP contribution in [0.4, 0.5) is 0 Å². The number of aryl methyl sites for hydroxylation is 1. The van der Waals surface area contributed by atoms with Crippen molar-refractivity contribution in [2.75, 3.05) is 0 Å². The van der Waals surface area contributed by atoms with Gasteiger partial charge in [-0.2, -0.15) is 0 Å². The highest BCUT2D eigenvalue weighted by Gasteiger charge is 2.37. The lowest BCUT2D eigenvalue weighted by molar-refractivity contribution is 0.452. The Kier molecular flexibility index (Phi) is 4.10. The molecule has 0 spiro atoms. The average molecular weight is 255 g/mol. The van der Waals surface area contributed by atoms with Gasteiger partial charge in [0, 0.05) is 4.88 Å². The summed E-state index contributed by atoms with van der Waals surface area (Å²) in [5, 5.41) is 0.0371. The van der Waals surface area contributed by atoms with Gasteiger partial charge in [-0.05, 0) is 37.0 Å². The van der Waals surface area contributed by atoms with Crippen molar-refractivity contribution in [3.05, 3.63) is 22.7 Å². The Morgan fingerprint density at radius 1 is 1.56 bits per heavy atom. The fraction of sp³-hybridized carbons (Fsp3) is 0.583. The first kappa shape index (κ1) is 13.6. The molecule has 1 heterocycles. The smallest absolute Gasteiger partial charge is 0.188 e. The largest absolute Gasteiger partial charge is 0.432 e. The minimum absolute atomic E-state index is 0.0371. The molecule has 16 heavy (non-hydrogen) atoms. The molecule has 1 aromatic rings. The van der Waals surface area contributed by atoms with E-state index in [0.29, 0.717) is 0 Å². The Morgan fingerprint density at radius 2 is 2.19 bits per heavy atom. The fourth-order valence-electron chi connectivity index (χ4n) is 1.36. The zero-order valence-electron chi connectivity index (χ0n) is 10.6. The van der Waals surface area contributed by atoms with Gasteiger partial charge in [-0.3, -0.25) is 0 Å². The van der Waals surface area contributed by atoms with E-state index in [1.54, 1.807) is 17.4 Å². The fourth-order valence-corrected chi connectivity index (χ4v) is 2.87. The van der Waals surface area contributed by atoms with Crippen LogP contribution in [-0.4, -0.2) is 18.1 Å². The van der Waals surface area contributed by atoms with E-state index in [4.69, 9.17) is 0 Å². The zero-order valence-corrected chi connectivity index (χ0v) is 12.4. The van der Waals surface area contributed by atoms with Crippen molar-refractivity contribution < 1.29 is 4.80 Å². The molecule has 4 heteroatoms. The van der Waals surface area contributed by atoms with Crippen LogP contribution in [0.1, 0.15) is 30.8 Å². The monoisotopic (exact) mass is 255 g/mol. The van der Waals surface area contributed by atoms with Gasteiger partial charge in [-0.25, -0.2) is 4.98 Å². The van der Waals surface area contributed by atoms with Crippen LogP contribution in [0.25, 0.3) is 6.08 Å². The van der Waals surface area contributed by atoms with Crippen molar-refractivity contribution in [2.45, 2.75) is 44.8 Å². The Morgan fingerprint density at radius 3 is 2.69 bits per heavy atom. The molecule has 2 nitrogen and oxygen atoms in total. The first-order valence-corrected chi connectivity index (χ1v) is 9.38. The SMILES string of the molecule is C=Cc1ncsc1CCC(C)(C)[Si](C)(C)O. The normalized spacial score (nSPS) is 12.8. The summed E-state index contributed by atoms with van der Waals surface area (Å²) in [6, 6.07) is 0. The van der Waals surface area contributed by atoms with E-state index >= 15 is 0 Å². The van der Waals surface area contributed by atoms with E-state index in [-0.39, 0.29) is 5.04 Å². The van der Waals surface area contributed by atoms with Crippen molar-refractivity contribution in [2.24, 2.45) is 0 Å². The summed E-state index contributed by atoms with van der Waals surface area (Å²) in [5.41, 5.74) is 2.86. The third kappa shape index (κ3) is 3.03. The maximum absolute atomic E-state index is 10.2. The Bertz CT molecular complexity index is 365. The summed E-state index contributed by atoms with van der Waals surface area (Å²) < 4.78 is 0. The minimum atomic E-state index is -2.09. The van der Waals surface area contributed by atoms with E-state index in [1.165, 1.54) is 4.88 Å². The van der Waals surface area contributed by atoms with E-state index < -0.39 is 8.32 Å². The predicted octanol–water partition coefficient (Wildman–Crippen LogP) is 3.70. The van der Waals surface area contributed by atoms with Crippen LogP contribution in [0, 0.1) is 0 Å². The molecule has 0 atom stereocenters. The molecule has 1 aromatic heterocycles. The molecule has 0 fully saturated rings. The van der Waals surface area contributed by atoms with Gasteiger partial charge >= 0.3 is 0 Å². The molecule has 0 amide bonds. The molecular formula is C12H21NOSSi. The first-order chi connectivity index (χ1) is 7.28. The van der Waals surface area contributed by atoms with Crippen LogP contribution in [-0.2, 0) is 6.42 Å². The van der Waals surface area contributed by atoms with Crippen LogP contribution >= 0.6 is 11.3 Å². The quantitative estimate of drug-likeness (QED) is 0.814. The second kappa shape index (κ2) is 4.81. The van der Waals surface area contributed by atoms with Crippen LogP contribution in [0.3, 0.4) is 0 Å². The predicted molar refractivity (Wildman–Crippen MR) is 74.3 cm³/mol. The Labute approximate surface area is 103 Å². The molecule has 1 rings (SSSR count). The number of nitrogens with zero attached hydrogens (tertiary/aromatic N) is 1. The lowest BCUT2D eigenvalue weighted by Crippen LogP contribution is -2.39. The summed E-state index contributed by atoms with van der Waals surface area (Å²) in [6.07, 6.45) is 3.79. The molecule has 1 N–H and O–H groups in total. The van der Waals surface area contributed by atoms with Crippen molar-refractivity contribution >= 4 is 25.7 Å². The number of rotatable bonds is 5. The Hall–Kier alpha value is -0.453. The topological polar surface area (TPSA) is 33.1 Å². The summed E-state index contributed by atoms with van der Waals surface area (Å²) in [6.45, 7) is 12.1. The number of hydrogen-bond acceptors (Lipinski definition) is 3. The molecule has 0 aromatic carbocycles. The van der Waals surface area contributed by atoms with Gasteiger partial charge < -0.3 is 4.80 Å². The Balaban J connectivity index is 2.68. The van der Waals surface area contributed by atoms with Crippen LogP contribution in [0.15, 0.2) is 12.1 Å². The standard InChI is InChI=1S/C12H21NOSSi/c1-6-10-11(15-9-13-10)7-8-12(2,3)16(4,5)14/h6,9,14H,1,7-8H2,2-5H3. The molecule has 0 saturated heterocycles. The summed E-state index contributed by atoms with van der Waals surface area (Å²) >= 11 is 1.68. The number of hydrogen-bond donors (Lipinski definition) is 1. The molecule has 0 saturated carbocycles. The van der Waals surface area contributed by atoms with Gasteiger partial charge in [0.15, 0.2) is 8.32 Å². The van der Waals surface area contributed by atoms with Gasteiger partial charge in [-0.15, -0.1) is 11.3 Å². The molecule has 0 unspecified atom stereocenters. The second-order valence-electron chi connectivity index (χ2n) is 5.31. The molecule has 0 radical (unpaired) electrons. The summed E-state index contributed by atoms with van der Waals surface area (Å²) in [7, 11) is -2.09. The highest BCUT2D eigenvalue weighted by atomic mass is 32.1. The molecule has 0 aliphatic carbocycles. The van der Waals surface area contributed by atoms with Crippen LogP contribution < -0.4 is 0 Å². The van der Waals surface area contributed by atoms with Gasteiger partial charge in [-0.1, -0.05) is 20.4 Å². The van der Waals surface area contributed by atoms with Gasteiger partial charge in [0.2, 0.25) is 0 Å². The lowest BCUT2D eigenvalue weighted by atomic mass is 10.1. The molecular weight excluding hydrogens is 234 g/mol. The van der Waals surface area contributed by atoms with Crippen molar-refractivity contribution in [3.63, 3.8) is 0 Å². The van der Waals surface area contributed by atoms with Crippen molar-refractivity contribution in [1.82, 2.24) is 4.98 Å². The maximum atomic E-state index is 10.2. The van der Waals surface area contributed by atoms with Gasteiger partial charge in [0.05, 0.1) is 11.2 Å². The average Bonchev–Trinajstić information content (AvgIpc) is 2.60. The highest BCUT2D eigenvalue weighted by Crippen LogP contribution is 2.40. The van der Waals surface area contributed by atoms with Gasteiger partial charge in [0.1, 0.15) is 0 Å². The van der Waals surface area contributed by atoms with Gasteiger partial charge in [0.25, 0.3) is 0 Å². The molecule has 0 bridgehead atoms. The third-order valence-electron chi connectivity index (χ3n) is 3.50. The van der Waals surface area contributed by atoms with E-state index in [1.807, 2.05) is 18.6 Å². The third-order valence-corrected chi connectivity index (χ3v) is 7.97. The lowest BCUT2D eigenvalue weighted by Gasteiger charge is -2.35.